The molecule has 0 radical (unpaired) electrons. The van der Waals surface area contributed by atoms with Crippen LogP contribution in [0.25, 0.3) is 0 Å². The molecule has 3 rings (SSSR count). The second-order valence-corrected chi connectivity index (χ2v) is 5.89. The Morgan fingerprint density at radius 1 is 1.22 bits per heavy atom. The summed E-state index contributed by atoms with van der Waals surface area (Å²) >= 11 is 0. The predicted octanol–water partition coefficient (Wildman–Crippen LogP) is 4.05. The molecule has 23 heavy (non-hydrogen) atoms. The highest BCUT2D eigenvalue weighted by Gasteiger charge is 2.36. The van der Waals surface area contributed by atoms with E-state index in [2.05, 4.69) is 6.92 Å². The number of benzene rings is 2. The fourth-order valence-corrected chi connectivity index (χ4v) is 3.21. The van der Waals surface area contributed by atoms with Crippen molar-refractivity contribution in [2.45, 2.75) is 19.4 Å². The van der Waals surface area contributed by atoms with Crippen molar-refractivity contribution in [2.24, 2.45) is 5.92 Å². The smallest absolute Gasteiger partial charge is 0.254 e. The van der Waals surface area contributed by atoms with Crippen LogP contribution in [0, 0.1) is 11.7 Å². The van der Waals surface area contributed by atoms with Crippen molar-refractivity contribution in [2.75, 3.05) is 12.3 Å². The highest BCUT2D eigenvalue weighted by atomic mass is 35.5. The van der Waals surface area contributed by atoms with Crippen molar-refractivity contribution in [1.82, 2.24) is 4.90 Å². The van der Waals surface area contributed by atoms with Gasteiger partial charge in [-0.15, -0.1) is 12.4 Å². The molecule has 1 fully saturated rings. The third-order valence-electron chi connectivity index (χ3n) is 4.28. The van der Waals surface area contributed by atoms with Crippen LogP contribution in [0.5, 0.6) is 0 Å². The van der Waals surface area contributed by atoms with Crippen LogP contribution in [0.15, 0.2) is 48.5 Å². The maximum Gasteiger partial charge on any atom is 0.254 e. The standard InChI is InChI=1S/C18H19FN2O.ClH/c1-12-8-9-21(17(12)13-4-2-6-15(19)10-13)18(22)14-5-3-7-16(20)11-14;/h2-7,10-12,17H,8-9,20H2,1H3;1H. The van der Waals surface area contributed by atoms with Crippen LogP contribution in [0.1, 0.15) is 35.3 Å². The SMILES string of the molecule is CC1CCN(C(=O)c2cccc(N)c2)C1c1cccc(F)c1.Cl. The van der Waals surface area contributed by atoms with Crippen molar-refractivity contribution in [3.63, 3.8) is 0 Å². The molecule has 1 aliphatic rings. The normalized spacial score (nSPS) is 20.2. The molecular formula is C18H20ClFN2O. The van der Waals surface area contributed by atoms with Crippen molar-refractivity contribution in [1.29, 1.82) is 0 Å². The second kappa shape index (κ2) is 7.01. The van der Waals surface area contributed by atoms with Gasteiger partial charge >= 0.3 is 0 Å². The van der Waals surface area contributed by atoms with E-state index in [0.29, 0.717) is 23.7 Å². The summed E-state index contributed by atoms with van der Waals surface area (Å²) in [6.07, 6.45) is 0.912. The van der Waals surface area contributed by atoms with E-state index < -0.39 is 0 Å². The van der Waals surface area contributed by atoms with E-state index >= 15 is 0 Å². The molecule has 0 spiro atoms. The van der Waals surface area contributed by atoms with Gasteiger partial charge in [0.05, 0.1) is 6.04 Å². The predicted molar refractivity (Wildman–Crippen MR) is 92.1 cm³/mol. The Labute approximate surface area is 141 Å². The van der Waals surface area contributed by atoms with Crippen LogP contribution in [0.3, 0.4) is 0 Å². The fraction of sp³-hybridized carbons (Fsp3) is 0.278. The van der Waals surface area contributed by atoms with Gasteiger partial charge in [-0.05, 0) is 48.2 Å². The number of nitrogen functional groups attached to an aromatic ring is 1. The minimum Gasteiger partial charge on any atom is -0.399 e. The van der Waals surface area contributed by atoms with E-state index in [-0.39, 0.29) is 30.2 Å². The van der Waals surface area contributed by atoms with Gasteiger partial charge in [-0.25, -0.2) is 4.39 Å². The molecular weight excluding hydrogens is 315 g/mol. The van der Waals surface area contributed by atoms with Crippen LogP contribution >= 0.6 is 12.4 Å². The lowest BCUT2D eigenvalue weighted by Gasteiger charge is -2.27. The van der Waals surface area contributed by atoms with Crippen LogP contribution < -0.4 is 5.73 Å². The molecule has 1 amide bonds. The molecule has 1 heterocycles. The van der Waals surface area contributed by atoms with Crippen LogP contribution in [-0.4, -0.2) is 17.4 Å². The minimum atomic E-state index is -0.270. The number of halogens is 2. The van der Waals surface area contributed by atoms with Crippen molar-refractivity contribution in [3.8, 4) is 0 Å². The van der Waals surface area contributed by atoms with Gasteiger partial charge in [0.1, 0.15) is 5.82 Å². The third-order valence-corrected chi connectivity index (χ3v) is 4.28. The third kappa shape index (κ3) is 3.48. The zero-order chi connectivity index (χ0) is 15.7. The van der Waals surface area contributed by atoms with Gasteiger partial charge < -0.3 is 10.6 Å². The first kappa shape index (κ1) is 17.3. The Bertz CT molecular complexity index is 707. The van der Waals surface area contributed by atoms with Crippen LogP contribution in [0.2, 0.25) is 0 Å². The van der Waals surface area contributed by atoms with Crippen LogP contribution in [-0.2, 0) is 0 Å². The molecule has 2 atom stereocenters. The van der Waals surface area contributed by atoms with Crippen molar-refractivity contribution in [3.05, 3.63) is 65.5 Å². The molecule has 1 aliphatic heterocycles. The van der Waals surface area contributed by atoms with E-state index in [0.717, 1.165) is 12.0 Å². The molecule has 2 aromatic carbocycles. The quantitative estimate of drug-likeness (QED) is 0.842. The van der Waals surface area contributed by atoms with Gasteiger partial charge in [0.15, 0.2) is 0 Å². The first-order valence-electron chi connectivity index (χ1n) is 7.48. The lowest BCUT2D eigenvalue weighted by Crippen LogP contribution is -2.31. The Hall–Kier alpha value is -2.07. The molecule has 0 bridgehead atoms. The Kier molecular flexibility index (Phi) is 5.26. The number of carbonyl (C=O) groups excluding carboxylic acids is 1. The Morgan fingerprint density at radius 2 is 1.96 bits per heavy atom. The molecule has 1 saturated heterocycles. The lowest BCUT2D eigenvalue weighted by molar-refractivity contribution is 0.0720. The summed E-state index contributed by atoms with van der Waals surface area (Å²) in [4.78, 5) is 14.6. The molecule has 0 aliphatic carbocycles. The summed E-state index contributed by atoms with van der Waals surface area (Å²) in [7, 11) is 0. The molecule has 2 unspecified atom stereocenters. The average molecular weight is 335 g/mol. The largest absolute Gasteiger partial charge is 0.399 e. The first-order valence-corrected chi connectivity index (χ1v) is 7.48. The number of hydrogen-bond acceptors (Lipinski definition) is 2. The number of carbonyl (C=O) groups is 1. The number of amides is 1. The fourth-order valence-electron chi connectivity index (χ4n) is 3.21. The van der Waals surface area contributed by atoms with Gasteiger partial charge in [0, 0.05) is 17.8 Å². The molecule has 2 N–H and O–H groups in total. The Balaban J connectivity index is 0.00000192. The summed E-state index contributed by atoms with van der Waals surface area (Å²) < 4.78 is 13.5. The van der Waals surface area contributed by atoms with Crippen molar-refractivity contribution >= 4 is 24.0 Å². The first-order chi connectivity index (χ1) is 10.6. The number of likely N-dealkylation sites (tertiary alicyclic amines) is 1. The van der Waals surface area contributed by atoms with E-state index in [1.165, 1.54) is 12.1 Å². The summed E-state index contributed by atoms with van der Waals surface area (Å²) in [6, 6.07) is 13.4. The zero-order valence-corrected chi connectivity index (χ0v) is 13.7. The number of nitrogens with two attached hydrogens (primary N) is 1. The number of rotatable bonds is 2. The van der Waals surface area contributed by atoms with E-state index in [9.17, 15) is 9.18 Å². The van der Waals surface area contributed by atoms with Gasteiger partial charge in [-0.3, -0.25) is 4.79 Å². The van der Waals surface area contributed by atoms with Crippen LogP contribution in [0.4, 0.5) is 10.1 Å². The summed E-state index contributed by atoms with van der Waals surface area (Å²) in [5, 5.41) is 0. The lowest BCUT2D eigenvalue weighted by atomic mass is 9.95. The summed E-state index contributed by atoms with van der Waals surface area (Å²) in [5.41, 5.74) is 7.77. The average Bonchev–Trinajstić information content (AvgIpc) is 2.88. The summed E-state index contributed by atoms with van der Waals surface area (Å²) in [6.45, 7) is 2.78. The second-order valence-electron chi connectivity index (χ2n) is 5.89. The molecule has 0 saturated carbocycles. The molecule has 0 aromatic heterocycles. The number of anilines is 1. The number of nitrogens with zero attached hydrogens (tertiary/aromatic N) is 1. The number of hydrogen-bond donors (Lipinski definition) is 1. The van der Waals surface area contributed by atoms with Crippen molar-refractivity contribution < 1.29 is 9.18 Å². The maximum absolute atomic E-state index is 13.5. The Morgan fingerprint density at radius 3 is 2.65 bits per heavy atom. The minimum absolute atomic E-state index is 0. The van der Waals surface area contributed by atoms with Gasteiger partial charge in [0.25, 0.3) is 5.91 Å². The summed E-state index contributed by atoms with van der Waals surface area (Å²) in [5.74, 6) is -0.0225. The topological polar surface area (TPSA) is 46.3 Å². The maximum atomic E-state index is 13.5. The zero-order valence-electron chi connectivity index (χ0n) is 12.9. The molecule has 3 nitrogen and oxygen atoms in total. The van der Waals surface area contributed by atoms with E-state index in [1.54, 1.807) is 30.3 Å². The molecule has 2 aromatic rings. The molecule has 122 valence electrons. The highest BCUT2D eigenvalue weighted by Crippen LogP contribution is 2.38. The molecule has 5 heteroatoms. The van der Waals surface area contributed by atoms with E-state index in [1.807, 2.05) is 11.0 Å². The van der Waals surface area contributed by atoms with Gasteiger partial charge in [0.2, 0.25) is 0 Å². The highest BCUT2D eigenvalue weighted by molar-refractivity contribution is 5.95. The van der Waals surface area contributed by atoms with E-state index in [4.69, 9.17) is 5.73 Å². The monoisotopic (exact) mass is 334 g/mol. The van der Waals surface area contributed by atoms with Gasteiger partial charge in [-0.2, -0.15) is 0 Å². The van der Waals surface area contributed by atoms with Gasteiger partial charge in [-0.1, -0.05) is 25.1 Å².